The number of aromatic nitrogens is 1. The van der Waals surface area contributed by atoms with Crippen LogP contribution in [0.15, 0.2) is 24.4 Å². The number of halogens is 2. The molecule has 2 aromatic rings. The van der Waals surface area contributed by atoms with E-state index in [1.54, 1.807) is 19.2 Å². The molecule has 186 valence electrons. The minimum absolute atomic E-state index is 0.115. The van der Waals surface area contributed by atoms with Crippen molar-refractivity contribution in [3.8, 4) is 17.4 Å². The Morgan fingerprint density at radius 3 is 2.35 bits per heavy atom. The molecule has 2 heterocycles. The number of carbonyl (C=O) groups excluding carboxylic acids is 1. The molecule has 1 aliphatic rings. The molecule has 1 amide bonds. The van der Waals surface area contributed by atoms with Gasteiger partial charge in [0.2, 0.25) is 21.8 Å². The van der Waals surface area contributed by atoms with Gasteiger partial charge < -0.3 is 14.8 Å². The second-order valence-electron chi connectivity index (χ2n) is 8.65. The van der Waals surface area contributed by atoms with Crippen LogP contribution in [-0.2, 0) is 14.8 Å². The van der Waals surface area contributed by atoms with E-state index < -0.39 is 10.0 Å². The topological polar surface area (TPSA) is 97.8 Å². The first-order chi connectivity index (χ1) is 16.0. The van der Waals surface area contributed by atoms with Crippen LogP contribution in [0.2, 0.25) is 10.0 Å². The average Bonchev–Trinajstić information content (AvgIpc) is 2.75. The molecule has 1 aromatic heterocycles. The predicted molar refractivity (Wildman–Crippen MR) is 134 cm³/mol. The Labute approximate surface area is 210 Å². The molecule has 1 aromatic carbocycles. The highest BCUT2D eigenvalue weighted by molar-refractivity contribution is 7.88. The van der Waals surface area contributed by atoms with Crippen LogP contribution >= 0.6 is 23.2 Å². The van der Waals surface area contributed by atoms with Crippen LogP contribution in [-0.4, -0.2) is 50.1 Å². The summed E-state index contributed by atoms with van der Waals surface area (Å²) in [4.78, 5) is 16.8. The minimum atomic E-state index is -3.19. The van der Waals surface area contributed by atoms with E-state index in [1.165, 1.54) is 16.8 Å². The van der Waals surface area contributed by atoms with E-state index in [0.29, 0.717) is 49.7 Å². The number of nitrogens with zero attached hydrogens (tertiary/aromatic N) is 2. The first-order valence-corrected chi connectivity index (χ1v) is 13.5. The van der Waals surface area contributed by atoms with Crippen molar-refractivity contribution in [1.82, 2.24) is 9.29 Å². The lowest BCUT2D eigenvalue weighted by atomic mass is 9.94. The van der Waals surface area contributed by atoms with Crippen LogP contribution in [0.3, 0.4) is 0 Å². The van der Waals surface area contributed by atoms with Gasteiger partial charge in [-0.15, -0.1) is 0 Å². The van der Waals surface area contributed by atoms with Gasteiger partial charge in [0.15, 0.2) is 5.75 Å². The molecule has 0 spiro atoms. The number of nitrogens with one attached hydrogen (secondary N) is 1. The summed E-state index contributed by atoms with van der Waals surface area (Å²) in [5.74, 6) is 1.36. The van der Waals surface area contributed by atoms with Gasteiger partial charge in [0.1, 0.15) is 5.75 Å². The quantitative estimate of drug-likeness (QED) is 0.497. The van der Waals surface area contributed by atoms with Crippen LogP contribution < -0.4 is 14.8 Å². The molecule has 1 N–H and O–H groups in total. The van der Waals surface area contributed by atoms with Gasteiger partial charge in [-0.05, 0) is 42.9 Å². The second-order valence-corrected chi connectivity index (χ2v) is 11.4. The summed E-state index contributed by atoms with van der Waals surface area (Å²) in [5.41, 5.74) is 1.34. The summed E-state index contributed by atoms with van der Waals surface area (Å²) in [6, 6.07) is 4.98. The van der Waals surface area contributed by atoms with Crippen LogP contribution in [0.4, 0.5) is 5.69 Å². The number of amides is 1. The highest BCUT2D eigenvalue weighted by Gasteiger charge is 2.26. The number of hydrogen-bond acceptors (Lipinski definition) is 6. The smallest absolute Gasteiger partial charge is 0.224 e. The maximum atomic E-state index is 12.5. The van der Waals surface area contributed by atoms with Crippen molar-refractivity contribution in [1.29, 1.82) is 0 Å². The zero-order valence-electron chi connectivity index (χ0n) is 19.6. The molecule has 34 heavy (non-hydrogen) atoms. The Balaban J connectivity index is 1.64. The molecule has 0 unspecified atom stereocenters. The predicted octanol–water partition coefficient (Wildman–Crippen LogP) is 5.31. The maximum absolute atomic E-state index is 12.5. The van der Waals surface area contributed by atoms with Crippen molar-refractivity contribution in [3.63, 3.8) is 0 Å². The molecule has 0 saturated carbocycles. The first-order valence-electron chi connectivity index (χ1n) is 10.9. The summed E-state index contributed by atoms with van der Waals surface area (Å²) < 4.78 is 35.9. The fraction of sp³-hybridized carbons (Fsp3) is 0.478. The number of ether oxygens (including phenoxy) is 2. The fourth-order valence-corrected chi connectivity index (χ4v) is 5.29. The molecule has 0 bridgehead atoms. The van der Waals surface area contributed by atoms with Gasteiger partial charge in [-0.25, -0.2) is 17.7 Å². The van der Waals surface area contributed by atoms with E-state index in [0.717, 1.165) is 5.56 Å². The molecule has 11 heteroatoms. The highest BCUT2D eigenvalue weighted by atomic mass is 35.5. The lowest BCUT2D eigenvalue weighted by molar-refractivity contribution is -0.117. The van der Waals surface area contributed by atoms with Gasteiger partial charge in [0.05, 0.1) is 29.6 Å². The van der Waals surface area contributed by atoms with Crippen molar-refractivity contribution in [2.24, 2.45) is 5.92 Å². The Kier molecular flexibility index (Phi) is 8.67. The Morgan fingerprint density at radius 2 is 1.82 bits per heavy atom. The standard InChI is InChI=1S/C23H29Cl2N3O5S/c1-14(2)18-12-17(13-26-23(18)32-3)33-22-19(24)10-16(11-20(22)25)27-21(29)9-15-5-7-28(8-6-15)34(4,30)31/h10-15H,5-9H2,1-4H3,(H,27,29). The third-order valence-electron chi connectivity index (χ3n) is 5.69. The normalized spacial score (nSPS) is 15.4. The number of methoxy groups -OCH3 is 1. The van der Waals surface area contributed by atoms with E-state index in [4.69, 9.17) is 32.7 Å². The number of sulfonamides is 1. The van der Waals surface area contributed by atoms with E-state index in [-0.39, 0.29) is 33.5 Å². The van der Waals surface area contributed by atoms with E-state index in [2.05, 4.69) is 10.3 Å². The monoisotopic (exact) mass is 529 g/mol. The van der Waals surface area contributed by atoms with Crippen LogP contribution in [0.25, 0.3) is 0 Å². The molecule has 1 saturated heterocycles. The van der Waals surface area contributed by atoms with E-state index in [9.17, 15) is 13.2 Å². The number of hydrogen-bond donors (Lipinski definition) is 1. The Morgan fingerprint density at radius 1 is 1.21 bits per heavy atom. The SMILES string of the molecule is COc1ncc(Oc2c(Cl)cc(NC(=O)CC3CCN(S(C)(=O)=O)CC3)cc2Cl)cc1C(C)C. The zero-order valence-corrected chi connectivity index (χ0v) is 21.9. The molecule has 0 radical (unpaired) electrons. The third kappa shape index (κ3) is 6.75. The average molecular weight is 530 g/mol. The Bertz CT molecular complexity index is 1130. The van der Waals surface area contributed by atoms with Gasteiger partial charge >= 0.3 is 0 Å². The molecule has 8 nitrogen and oxygen atoms in total. The third-order valence-corrected chi connectivity index (χ3v) is 7.55. The van der Waals surface area contributed by atoms with Crippen LogP contribution in [0.1, 0.15) is 44.6 Å². The van der Waals surface area contributed by atoms with Crippen molar-refractivity contribution < 1.29 is 22.7 Å². The number of carbonyl (C=O) groups is 1. The van der Waals surface area contributed by atoms with Crippen molar-refractivity contribution in [2.75, 3.05) is 31.8 Å². The largest absolute Gasteiger partial charge is 0.481 e. The van der Waals surface area contributed by atoms with Gasteiger partial charge in [-0.2, -0.15) is 0 Å². The molecule has 1 fully saturated rings. The summed E-state index contributed by atoms with van der Waals surface area (Å²) in [6.45, 7) is 4.91. The van der Waals surface area contributed by atoms with Gasteiger partial charge in [0, 0.05) is 30.8 Å². The summed E-state index contributed by atoms with van der Waals surface area (Å²) in [5, 5.41) is 3.30. The molecule has 3 rings (SSSR count). The number of pyridine rings is 1. The lowest BCUT2D eigenvalue weighted by Gasteiger charge is -2.29. The molecular weight excluding hydrogens is 501 g/mol. The van der Waals surface area contributed by atoms with Crippen molar-refractivity contribution >= 4 is 44.8 Å². The molecule has 1 aliphatic heterocycles. The lowest BCUT2D eigenvalue weighted by Crippen LogP contribution is -2.38. The van der Waals surface area contributed by atoms with E-state index in [1.807, 2.05) is 19.9 Å². The molecule has 0 atom stereocenters. The zero-order chi connectivity index (χ0) is 25.0. The number of rotatable bonds is 8. The summed E-state index contributed by atoms with van der Waals surface area (Å²) in [6.07, 6.45) is 4.31. The van der Waals surface area contributed by atoms with Gasteiger partial charge in [-0.1, -0.05) is 37.0 Å². The maximum Gasteiger partial charge on any atom is 0.224 e. The molecular formula is C23H29Cl2N3O5S. The van der Waals surface area contributed by atoms with Crippen molar-refractivity contribution in [2.45, 2.75) is 39.0 Å². The number of anilines is 1. The van der Waals surface area contributed by atoms with E-state index >= 15 is 0 Å². The van der Waals surface area contributed by atoms with Gasteiger partial charge in [-0.3, -0.25) is 4.79 Å². The second kappa shape index (κ2) is 11.1. The van der Waals surface area contributed by atoms with Crippen LogP contribution in [0, 0.1) is 5.92 Å². The summed E-state index contributed by atoms with van der Waals surface area (Å²) in [7, 11) is -1.63. The number of benzene rings is 1. The highest BCUT2D eigenvalue weighted by Crippen LogP contribution is 2.40. The van der Waals surface area contributed by atoms with Crippen LogP contribution in [0.5, 0.6) is 17.4 Å². The minimum Gasteiger partial charge on any atom is -0.481 e. The Hall–Kier alpha value is -2.07. The van der Waals surface area contributed by atoms with Crippen molar-refractivity contribution in [3.05, 3.63) is 40.0 Å². The summed E-state index contributed by atoms with van der Waals surface area (Å²) >= 11 is 12.8. The van der Waals surface area contributed by atoms with Gasteiger partial charge in [0.25, 0.3) is 0 Å². The fourth-order valence-electron chi connectivity index (χ4n) is 3.86. The first kappa shape index (κ1) is 26.5. The number of piperidine rings is 1. The molecule has 0 aliphatic carbocycles.